The quantitative estimate of drug-likeness (QED) is 0.459. The van der Waals surface area contributed by atoms with Gasteiger partial charge in [-0.25, -0.2) is 0 Å². The molecule has 3 N–H and O–H groups in total. The second kappa shape index (κ2) is 6.67. The first-order valence-electron chi connectivity index (χ1n) is 5.89. The number of carbonyl (C=O) groups is 2. The Labute approximate surface area is 106 Å². The lowest BCUT2D eigenvalue weighted by molar-refractivity contribution is -0.142. The largest absolute Gasteiger partial charge is 0.481 e. The SMILES string of the molecule is COCCNC(=O)CN(C)C1(CC(=O)O)CNC1. The number of methoxy groups -OCH3 is 1. The smallest absolute Gasteiger partial charge is 0.305 e. The first kappa shape index (κ1) is 14.9. The van der Waals surface area contributed by atoms with E-state index in [-0.39, 0.29) is 18.9 Å². The number of aliphatic carboxylic acids is 1. The summed E-state index contributed by atoms with van der Waals surface area (Å²) in [5, 5.41) is 14.7. The summed E-state index contributed by atoms with van der Waals surface area (Å²) in [5.74, 6) is -0.964. The molecule has 7 nitrogen and oxygen atoms in total. The van der Waals surface area contributed by atoms with E-state index in [0.29, 0.717) is 26.2 Å². The highest BCUT2D eigenvalue weighted by Gasteiger charge is 2.43. The minimum Gasteiger partial charge on any atom is -0.481 e. The fourth-order valence-corrected chi connectivity index (χ4v) is 1.96. The van der Waals surface area contributed by atoms with E-state index in [9.17, 15) is 9.59 Å². The summed E-state index contributed by atoms with van der Waals surface area (Å²) in [4.78, 5) is 24.3. The minimum atomic E-state index is -0.844. The molecule has 0 atom stereocenters. The van der Waals surface area contributed by atoms with E-state index in [1.165, 1.54) is 0 Å². The van der Waals surface area contributed by atoms with Gasteiger partial charge in [0.25, 0.3) is 0 Å². The molecule has 0 aliphatic carbocycles. The molecular formula is C11H21N3O4. The molecule has 0 spiro atoms. The molecule has 104 valence electrons. The standard InChI is InChI=1S/C11H21N3O4/c1-14(6-9(15)13-3-4-18-2)11(5-10(16)17)7-12-8-11/h12H,3-8H2,1-2H3,(H,13,15)(H,16,17). The molecule has 1 rings (SSSR count). The van der Waals surface area contributed by atoms with Gasteiger partial charge in [0, 0.05) is 26.7 Å². The molecule has 1 aliphatic heterocycles. The van der Waals surface area contributed by atoms with Crippen LogP contribution in [0, 0.1) is 0 Å². The third-order valence-corrected chi connectivity index (χ3v) is 3.21. The first-order chi connectivity index (χ1) is 8.50. The average Bonchev–Trinajstić information content (AvgIpc) is 2.23. The molecule has 0 radical (unpaired) electrons. The topological polar surface area (TPSA) is 90.9 Å². The third kappa shape index (κ3) is 3.94. The highest BCUT2D eigenvalue weighted by atomic mass is 16.5. The molecular weight excluding hydrogens is 238 g/mol. The van der Waals surface area contributed by atoms with Gasteiger partial charge in [-0.2, -0.15) is 0 Å². The van der Waals surface area contributed by atoms with Gasteiger partial charge in [0.1, 0.15) is 0 Å². The molecule has 1 aliphatic rings. The molecule has 0 aromatic rings. The van der Waals surface area contributed by atoms with E-state index in [2.05, 4.69) is 10.6 Å². The summed E-state index contributed by atoms with van der Waals surface area (Å²) >= 11 is 0. The van der Waals surface area contributed by atoms with Crippen LogP contribution in [0.15, 0.2) is 0 Å². The van der Waals surface area contributed by atoms with Crippen LogP contribution in [-0.2, 0) is 14.3 Å². The Balaban J connectivity index is 2.40. The maximum atomic E-state index is 11.6. The second-order valence-electron chi connectivity index (χ2n) is 4.60. The molecule has 1 amide bonds. The molecule has 7 heteroatoms. The Morgan fingerprint density at radius 1 is 1.50 bits per heavy atom. The fourth-order valence-electron chi connectivity index (χ4n) is 1.96. The third-order valence-electron chi connectivity index (χ3n) is 3.21. The van der Waals surface area contributed by atoms with E-state index in [1.54, 1.807) is 19.1 Å². The van der Waals surface area contributed by atoms with Gasteiger partial charge >= 0.3 is 5.97 Å². The van der Waals surface area contributed by atoms with Crippen molar-refractivity contribution in [2.24, 2.45) is 0 Å². The lowest BCUT2D eigenvalue weighted by Gasteiger charge is -2.48. The summed E-state index contributed by atoms with van der Waals surface area (Å²) < 4.78 is 4.83. The summed E-state index contributed by atoms with van der Waals surface area (Å²) in [7, 11) is 3.35. The molecule has 0 bridgehead atoms. The Bertz CT molecular complexity index is 305. The van der Waals surface area contributed by atoms with Crippen LogP contribution in [0.5, 0.6) is 0 Å². The number of carboxylic acids is 1. The fraction of sp³-hybridized carbons (Fsp3) is 0.818. The van der Waals surface area contributed by atoms with E-state index in [4.69, 9.17) is 9.84 Å². The van der Waals surface area contributed by atoms with Crippen LogP contribution >= 0.6 is 0 Å². The predicted octanol–water partition coefficient (Wildman–Crippen LogP) is -1.50. The van der Waals surface area contributed by atoms with Crippen molar-refractivity contribution in [3.63, 3.8) is 0 Å². The number of nitrogens with zero attached hydrogens (tertiary/aromatic N) is 1. The molecule has 18 heavy (non-hydrogen) atoms. The normalized spacial score (nSPS) is 17.3. The number of hydrogen-bond donors (Lipinski definition) is 3. The van der Waals surface area contributed by atoms with Crippen LogP contribution in [0.2, 0.25) is 0 Å². The molecule has 0 aromatic carbocycles. The van der Waals surface area contributed by atoms with Gasteiger partial charge in [0.2, 0.25) is 5.91 Å². The number of carbonyl (C=O) groups excluding carboxylic acids is 1. The van der Waals surface area contributed by atoms with Gasteiger partial charge in [0.05, 0.1) is 25.1 Å². The van der Waals surface area contributed by atoms with Gasteiger partial charge in [-0.1, -0.05) is 0 Å². The van der Waals surface area contributed by atoms with Gasteiger partial charge < -0.3 is 20.5 Å². The predicted molar refractivity (Wildman–Crippen MR) is 65.4 cm³/mol. The van der Waals surface area contributed by atoms with Crippen LogP contribution in [-0.4, -0.2) is 74.4 Å². The van der Waals surface area contributed by atoms with Crippen molar-refractivity contribution < 1.29 is 19.4 Å². The number of ether oxygens (including phenoxy) is 1. The highest BCUT2D eigenvalue weighted by Crippen LogP contribution is 2.23. The molecule has 1 fully saturated rings. The number of carboxylic acid groups (broad SMARTS) is 1. The first-order valence-corrected chi connectivity index (χ1v) is 5.89. The number of likely N-dealkylation sites (N-methyl/N-ethyl adjacent to an activating group) is 1. The molecule has 0 unspecified atom stereocenters. The number of hydrogen-bond acceptors (Lipinski definition) is 5. The van der Waals surface area contributed by atoms with Crippen molar-refractivity contribution in [3.05, 3.63) is 0 Å². The van der Waals surface area contributed by atoms with Crippen LogP contribution in [0.25, 0.3) is 0 Å². The van der Waals surface area contributed by atoms with Crippen molar-refractivity contribution in [2.75, 3.05) is 46.9 Å². The van der Waals surface area contributed by atoms with E-state index in [0.717, 1.165) is 0 Å². The van der Waals surface area contributed by atoms with E-state index >= 15 is 0 Å². The van der Waals surface area contributed by atoms with Crippen molar-refractivity contribution in [1.82, 2.24) is 15.5 Å². The summed E-state index contributed by atoms with van der Waals surface area (Å²) in [6.45, 7) is 2.33. The summed E-state index contributed by atoms with van der Waals surface area (Å²) in [6, 6.07) is 0. The lowest BCUT2D eigenvalue weighted by atomic mass is 9.87. The second-order valence-corrected chi connectivity index (χ2v) is 4.60. The number of nitrogens with one attached hydrogen (secondary N) is 2. The van der Waals surface area contributed by atoms with Crippen LogP contribution in [0.3, 0.4) is 0 Å². The highest BCUT2D eigenvalue weighted by molar-refractivity contribution is 5.78. The average molecular weight is 259 g/mol. The Kier molecular flexibility index (Phi) is 5.52. The maximum Gasteiger partial charge on any atom is 0.305 e. The monoisotopic (exact) mass is 259 g/mol. The van der Waals surface area contributed by atoms with Gasteiger partial charge in [0.15, 0.2) is 0 Å². The zero-order valence-electron chi connectivity index (χ0n) is 10.9. The van der Waals surface area contributed by atoms with Crippen molar-refractivity contribution in [1.29, 1.82) is 0 Å². The molecule has 0 saturated carbocycles. The van der Waals surface area contributed by atoms with Gasteiger partial charge in [-0.3, -0.25) is 14.5 Å². The van der Waals surface area contributed by atoms with E-state index < -0.39 is 11.5 Å². The Morgan fingerprint density at radius 2 is 2.17 bits per heavy atom. The van der Waals surface area contributed by atoms with Crippen molar-refractivity contribution in [2.45, 2.75) is 12.0 Å². The Hall–Kier alpha value is -1.18. The molecule has 1 heterocycles. The molecule has 1 saturated heterocycles. The number of rotatable bonds is 8. The van der Waals surface area contributed by atoms with Crippen LogP contribution < -0.4 is 10.6 Å². The van der Waals surface area contributed by atoms with Crippen LogP contribution in [0.1, 0.15) is 6.42 Å². The summed E-state index contributed by atoms with van der Waals surface area (Å²) in [5.41, 5.74) is -0.440. The zero-order valence-corrected chi connectivity index (χ0v) is 10.9. The Morgan fingerprint density at radius 3 is 2.61 bits per heavy atom. The summed E-state index contributed by atoms with van der Waals surface area (Å²) in [6.07, 6.45) is 0.0435. The zero-order chi connectivity index (χ0) is 13.6. The van der Waals surface area contributed by atoms with Crippen molar-refractivity contribution in [3.8, 4) is 0 Å². The van der Waals surface area contributed by atoms with E-state index in [1.807, 2.05) is 0 Å². The van der Waals surface area contributed by atoms with Crippen molar-refractivity contribution >= 4 is 11.9 Å². The van der Waals surface area contributed by atoms with Gasteiger partial charge in [-0.05, 0) is 7.05 Å². The maximum absolute atomic E-state index is 11.6. The van der Waals surface area contributed by atoms with Gasteiger partial charge in [-0.15, -0.1) is 0 Å². The van der Waals surface area contributed by atoms with Crippen LogP contribution in [0.4, 0.5) is 0 Å². The number of amides is 1. The lowest BCUT2D eigenvalue weighted by Crippen LogP contribution is -2.69. The minimum absolute atomic E-state index is 0.0435. The molecule has 0 aromatic heterocycles.